The summed E-state index contributed by atoms with van der Waals surface area (Å²) in [5.74, 6) is 4.57. The highest BCUT2D eigenvalue weighted by atomic mass is 16.6. The van der Waals surface area contributed by atoms with Gasteiger partial charge < -0.3 is 28.4 Å². The van der Waals surface area contributed by atoms with E-state index in [-0.39, 0.29) is 23.7 Å². The monoisotopic (exact) mass is 584 g/mol. The third kappa shape index (κ3) is 6.72. The fourth-order valence-electron chi connectivity index (χ4n) is 6.93. The number of hydrogen-bond acceptors (Lipinski definition) is 6. The Morgan fingerprint density at radius 3 is 1.16 bits per heavy atom. The Hall–Kier alpha value is -3.06. The van der Waals surface area contributed by atoms with Gasteiger partial charge in [-0.3, -0.25) is 0 Å². The first kappa shape index (κ1) is 28.7. The molecule has 3 aliphatic heterocycles. The third-order valence-electron chi connectivity index (χ3n) is 9.77. The van der Waals surface area contributed by atoms with E-state index in [0.717, 1.165) is 43.0 Å². The van der Waals surface area contributed by atoms with Crippen molar-refractivity contribution in [2.24, 2.45) is 17.8 Å². The number of benzene rings is 3. The van der Waals surface area contributed by atoms with Crippen LogP contribution in [0.4, 0.5) is 0 Å². The van der Waals surface area contributed by atoms with E-state index in [4.69, 9.17) is 28.4 Å². The van der Waals surface area contributed by atoms with Gasteiger partial charge in [-0.15, -0.1) is 0 Å². The van der Waals surface area contributed by atoms with Crippen molar-refractivity contribution >= 4 is 0 Å². The average molecular weight is 585 g/mol. The summed E-state index contributed by atoms with van der Waals surface area (Å²) in [6.07, 6.45) is 5.54. The van der Waals surface area contributed by atoms with Crippen molar-refractivity contribution in [1.29, 1.82) is 0 Å². The summed E-state index contributed by atoms with van der Waals surface area (Å²) >= 11 is 0. The predicted octanol–water partition coefficient (Wildman–Crippen LogP) is 6.82. The van der Waals surface area contributed by atoms with Crippen LogP contribution in [-0.4, -0.2) is 58.0 Å². The van der Waals surface area contributed by atoms with Crippen molar-refractivity contribution in [3.63, 3.8) is 0 Å². The summed E-state index contributed by atoms with van der Waals surface area (Å²) in [6.45, 7) is 8.93. The molecule has 7 rings (SSSR count). The number of ether oxygens (including phenoxy) is 6. The predicted molar refractivity (Wildman–Crippen MR) is 165 cm³/mol. The van der Waals surface area contributed by atoms with E-state index < -0.39 is 0 Å². The molecule has 0 bridgehead atoms. The molecule has 0 aromatic heterocycles. The number of rotatable bonds is 14. The van der Waals surface area contributed by atoms with Crippen LogP contribution in [0.5, 0.6) is 17.2 Å². The summed E-state index contributed by atoms with van der Waals surface area (Å²) in [6, 6.07) is 26.5. The quantitative estimate of drug-likeness (QED) is 0.153. The molecule has 3 saturated heterocycles. The molecule has 6 nitrogen and oxygen atoms in total. The molecule has 6 heteroatoms. The molecule has 0 N–H and O–H groups in total. The molecule has 4 aliphatic rings. The Morgan fingerprint density at radius 2 is 0.884 bits per heavy atom. The maximum atomic E-state index is 6.05. The summed E-state index contributed by atoms with van der Waals surface area (Å²) in [5.41, 5.74) is 3.53. The van der Waals surface area contributed by atoms with Crippen molar-refractivity contribution in [1.82, 2.24) is 0 Å². The first-order valence-corrected chi connectivity index (χ1v) is 16.1. The minimum absolute atomic E-state index is 0.231. The second-order valence-electron chi connectivity index (χ2n) is 13.0. The van der Waals surface area contributed by atoms with Gasteiger partial charge in [0, 0.05) is 5.41 Å². The topological polar surface area (TPSA) is 65.3 Å². The number of epoxide rings is 3. The molecule has 1 aliphatic carbocycles. The second kappa shape index (κ2) is 12.5. The first-order chi connectivity index (χ1) is 21.1. The Bertz CT molecular complexity index is 1170. The van der Waals surface area contributed by atoms with Crippen molar-refractivity contribution in [3.05, 3.63) is 89.5 Å². The van der Waals surface area contributed by atoms with Gasteiger partial charge >= 0.3 is 0 Å². The highest BCUT2D eigenvalue weighted by molar-refractivity contribution is 5.54. The van der Waals surface area contributed by atoms with Gasteiger partial charge in [-0.25, -0.2) is 0 Å². The minimum atomic E-state index is -0.337. The van der Waals surface area contributed by atoms with Gasteiger partial charge in [-0.05, 0) is 96.5 Å². The molecule has 1 saturated carbocycles. The molecular formula is C37H44O6. The lowest BCUT2D eigenvalue weighted by Gasteiger charge is -2.46. The van der Waals surface area contributed by atoms with Gasteiger partial charge in [0.2, 0.25) is 0 Å². The molecule has 0 radical (unpaired) electrons. The smallest absolute Gasteiger partial charge is 0.119 e. The lowest BCUT2D eigenvalue weighted by atomic mass is 9.57. The Kier molecular flexibility index (Phi) is 8.35. The first-order valence-electron chi connectivity index (χ1n) is 16.1. The van der Waals surface area contributed by atoms with E-state index in [1.165, 1.54) is 42.4 Å². The van der Waals surface area contributed by atoms with E-state index in [2.05, 4.69) is 86.6 Å². The second-order valence-corrected chi connectivity index (χ2v) is 13.0. The van der Waals surface area contributed by atoms with Crippen LogP contribution in [0, 0.1) is 17.8 Å². The molecule has 228 valence electrons. The van der Waals surface area contributed by atoms with Crippen molar-refractivity contribution in [2.45, 2.75) is 63.3 Å². The summed E-state index contributed by atoms with van der Waals surface area (Å²) in [5, 5.41) is 0. The van der Waals surface area contributed by atoms with Crippen LogP contribution in [0.15, 0.2) is 72.8 Å². The van der Waals surface area contributed by atoms with E-state index in [9.17, 15) is 0 Å². The van der Waals surface area contributed by atoms with Crippen LogP contribution < -0.4 is 14.2 Å². The molecule has 3 unspecified atom stereocenters. The minimum Gasteiger partial charge on any atom is -0.491 e. The molecule has 0 amide bonds. The molecule has 3 heterocycles. The van der Waals surface area contributed by atoms with Crippen molar-refractivity contribution in [2.75, 3.05) is 39.6 Å². The van der Waals surface area contributed by atoms with E-state index in [1.807, 2.05) is 0 Å². The van der Waals surface area contributed by atoms with Gasteiger partial charge in [0.1, 0.15) is 55.4 Å². The Balaban J connectivity index is 1.27. The SMILES string of the molecule is CC(C)C1CCC(C(c2ccc(OCC3CO3)cc2)(c2ccc(OCC3CO3)cc2)c2ccc(OCC3CO3)cc2)CC1. The largest absolute Gasteiger partial charge is 0.491 e. The molecule has 3 atom stereocenters. The zero-order valence-electron chi connectivity index (χ0n) is 25.4. The molecule has 3 aromatic rings. The Morgan fingerprint density at radius 1 is 0.558 bits per heavy atom. The highest BCUT2D eigenvalue weighted by Crippen LogP contribution is 2.52. The lowest BCUT2D eigenvalue weighted by molar-refractivity contribution is 0.185. The van der Waals surface area contributed by atoms with Gasteiger partial charge in [0.25, 0.3) is 0 Å². The third-order valence-corrected chi connectivity index (χ3v) is 9.77. The molecule has 0 spiro atoms. The van der Waals surface area contributed by atoms with Crippen LogP contribution in [0.3, 0.4) is 0 Å². The van der Waals surface area contributed by atoms with E-state index in [1.54, 1.807) is 0 Å². The van der Waals surface area contributed by atoms with E-state index in [0.29, 0.717) is 31.7 Å². The summed E-state index contributed by atoms with van der Waals surface area (Å²) < 4.78 is 34.2. The number of hydrogen-bond donors (Lipinski definition) is 0. The fraction of sp³-hybridized carbons (Fsp3) is 0.514. The van der Waals surface area contributed by atoms with E-state index >= 15 is 0 Å². The van der Waals surface area contributed by atoms with Crippen LogP contribution in [0.2, 0.25) is 0 Å². The van der Waals surface area contributed by atoms with Crippen LogP contribution in [0.25, 0.3) is 0 Å². The average Bonchev–Trinajstić information content (AvgIpc) is 3.89. The summed E-state index contributed by atoms with van der Waals surface area (Å²) in [4.78, 5) is 0. The molecule has 4 fully saturated rings. The van der Waals surface area contributed by atoms with Crippen LogP contribution >= 0.6 is 0 Å². The maximum absolute atomic E-state index is 6.05. The summed E-state index contributed by atoms with van der Waals surface area (Å²) in [7, 11) is 0. The Labute approximate surface area is 255 Å². The van der Waals surface area contributed by atoms with Gasteiger partial charge in [0.15, 0.2) is 0 Å². The lowest BCUT2D eigenvalue weighted by Crippen LogP contribution is -2.40. The zero-order valence-corrected chi connectivity index (χ0v) is 25.4. The molecule has 3 aromatic carbocycles. The maximum Gasteiger partial charge on any atom is 0.119 e. The standard InChI is InChI=1S/C37H44O6/c1-25(2)26-3-5-27(6-4-26)37(28-7-13-31(14-8-28)38-19-34-22-41-34,29-9-15-32(16-10-29)39-20-35-23-42-35)30-11-17-33(18-12-30)40-21-36-24-43-36/h7-18,25-27,34-36H,3-6,19-24H2,1-2H3. The van der Waals surface area contributed by atoms with Crippen molar-refractivity contribution < 1.29 is 28.4 Å². The normalized spacial score (nSPS) is 27.3. The van der Waals surface area contributed by atoms with Crippen LogP contribution in [-0.2, 0) is 19.6 Å². The van der Waals surface area contributed by atoms with Crippen LogP contribution in [0.1, 0.15) is 56.2 Å². The van der Waals surface area contributed by atoms with Gasteiger partial charge in [-0.1, -0.05) is 50.2 Å². The van der Waals surface area contributed by atoms with Crippen molar-refractivity contribution in [3.8, 4) is 17.2 Å². The fourth-order valence-corrected chi connectivity index (χ4v) is 6.93. The van der Waals surface area contributed by atoms with Gasteiger partial charge in [-0.2, -0.15) is 0 Å². The molecular weight excluding hydrogens is 540 g/mol. The molecule has 43 heavy (non-hydrogen) atoms. The van der Waals surface area contributed by atoms with Gasteiger partial charge in [0.05, 0.1) is 19.8 Å². The highest BCUT2D eigenvalue weighted by Gasteiger charge is 2.45. The zero-order chi connectivity index (χ0) is 29.2.